The number of nitrogens with zero attached hydrogens (tertiary/aromatic N) is 1. The molecule has 0 unspecified atom stereocenters. The van der Waals surface area contributed by atoms with Gasteiger partial charge in [0, 0.05) is 5.69 Å². The molecule has 0 radical (unpaired) electrons. The van der Waals surface area contributed by atoms with Crippen LogP contribution in [-0.4, -0.2) is 28.0 Å². The van der Waals surface area contributed by atoms with Crippen LogP contribution in [0.3, 0.4) is 0 Å². The van der Waals surface area contributed by atoms with Crippen LogP contribution in [0.1, 0.15) is 11.1 Å². The van der Waals surface area contributed by atoms with Gasteiger partial charge in [-0.3, -0.25) is 9.10 Å². The fourth-order valence-electron chi connectivity index (χ4n) is 3.06. The summed E-state index contributed by atoms with van der Waals surface area (Å²) in [5.41, 5.74) is -0.305. The summed E-state index contributed by atoms with van der Waals surface area (Å²) >= 11 is 6.05. The second-order valence-corrected chi connectivity index (χ2v) is 9.54. The zero-order valence-electron chi connectivity index (χ0n) is 18.1. The Labute approximate surface area is 200 Å². The van der Waals surface area contributed by atoms with Crippen molar-refractivity contribution in [1.82, 2.24) is 0 Å². The molecule has 11 heteroatoms. The molecule has 0 fully saturated rings. The summed E-state index contributed by atoms with van der Waals surface area (Å²) in [6, 6.07) is 13.9. The Hall–Kier alpha value is -3.24. The van der Waals surface area contributed by atoms with Crippen molar-refractivity contribution in [3.63, 3.8) is 0 Å². The number of halogens is 4. The topological polar surface area (TPSA) is 75.7 Å². The molecule has 3 aromatic carbocycles. The third-order valence-electron chi connectivity index (χ3n) is 4.79. The Kier molecular flexibility index (Phi) is 7.42. The average molecular weight is 513 g/mol. The Bertz CT molecular complexity index is 1300. The van der Waals surface area contributed by atoms with Gasteiger partial charge in [-0.15, -0.1) is 0 Å². The van der Waals surface area contributed by atoms with E-state index in [0.29, 0.717) is 16.1 Å². The highest BCUT2D eigenvalue weighted by Gasteiger charge is 2.33. The second-order valence-electron chi connectivity index (χ2n) is 7.27. The van der Waals surface area contributed by atoms with Crippen molar-refractivity contribution >= 4 is 38.9 Å². The number of hydrogen-bond donors (Lipinski definition) is 1. The molecule has 0 saturated heterocycles. The number of aryl methyl sites for hydroxylation is 1. The molecular weight excluding hydrogens is 493 g/mol. The monoisotopic (exact) mass is 512 g/mol. The van der Waals surface area contributed by atoms with Crippen LogP contribution in [0.2, 0.25) is 5.02 Å². The number of carbonyl (C=O) groups is 1. The Morgan fingerprint density at radius 3 is 2.32 bits per heavy atom. The second kappa shape index (κ2) is 9.94. The lowest BCUT2D eigenvalue weighted by Crippen LogP contribution is -2.38. The van der Waals surface area contributed by atoms with Gasteiger partial charge >= 0.3 is 6.18 Å². The van der Waals surface area contributed by atoms with Crippen molar-refractivity contribution < 1.29 is 31.1 Å². The number of alkyl halides is 3. The van der Waals surface area contributed by atoms with Gasteiger partial charge in [0.25, 0.3) is 10.0 Å². The first kappa shape index (κ1) is 25.4. The molecule has 0 aliphatic heterocycles. The van der Waals surface area contributed by atoms with Crippen molar-refractivity contribution in [3.8, 4) is 5.75 Å². The minimum absolute atomic E-state index is 0.171. The SMILES string of the molecule is COc1ccc(NC(=O)CN(c2cccc(C(F)(F)F)c2)S(=O)(=O)c2ccc(C)cc2)cc1Cl. The van der Waals surface area contributed by atoms with Crippen molar-refractivity contribution in [2.75, 3.05) is 23.3 Å². The summed E-state index contributed by atoms with van der Waals surface area (Å²) in [4.78, 5) is 12.6. The molecule has 0 heterocycles. The van der Waals surface area contributed by atoms with Crippen LogP contribution in [0.25, 0.3) is 0 Å². The summed E-state index contributed by atoms with van der Waals surface area (Å²) in [5.74, 6) is -0.415. The van der Waals surface area contributed by atoms with Crippen molar-refractivity contribution in [2.24, 2.45) is 0 Å². The number of anilines is 2. The maximum absolute atomic E-state index is 13.4. The minimum Gasteiger partial charge on any atom is -0.495 e. The molecule has 0 saturated carbocycles. The lowest BCUT2D eigenvalue weighted by Gasteiger charge is -2.25. The van der Waals surface area contributed by atoms with E-state index >= 15 is 0 Å². The molecular formula is C23H20ClF3N2O4S. The van der Waals surface area contributed by atoms with E-state index in [-0.39, 0.29) is 21.3 Å². The molecule has 180 valence electrons. The van der Waals surface area contributed by atoms with Gasteiger partial charge < -0.3 is 10.1 Å². The highest BCUT2D eigenvalue weighted by Crippen LogP contribution is 2.33. The normalized spacial score (nSPS) is 11.7. The molecule has 3 aromatic rings. The molecule has 0 spiro atoms. The number of hydrogen-bond acceptors (Lipinski definition) is 4. The fraction of sp³-hybridized carbons (Fsp3) is 0.174. The van der Waals surface area contributed by atoms with E-state index in [0.717, 1.165) is 17.7 Å². The highest BCUT2D eigenvalue weighted by atomic mass is 35.5. The van der Waals surface area contributed by atoms with E-state index in [9.17, 15) is 26.4 Å². The molecule has 0 bridgehead atoms. The Morgan fingerprint density at radius 2 is 1.74 bits per heavy atom. The molecule has 0 aliphatic rings. The summed E-state index contributed by atoms with van der Waals surface area (Å²) < 4.78 is 72.2. The number of rotatable bonds is 7. The van der Waals surface area contributed by atoms with Gasteiger partial charge in [-0.1, -0.05) is 35.4 Å². The number of methoxy groups -OCH3 is 1. The first-order valence-corrected chi connectivity index (χ1v) is 11.6. The molecule has 0 aliphatic carbocycles. The zero-order chi connectivity index (χ0) is 25.1. The molecule has 34 heavy (non-hydrogen) atoms. The van der Waals surface area contributed by atoms with E-state index in [1.54, 1.807) is 19.1 Å². The Morgan fingerprint density at radius 1 is 1.06 bits per heavy atom. The number of nitrogens with one attached hydrogen (secondary N) is 1. The minimum atomic E-state index is -4.70. The smallest absolute Gasteiger partial charge is 0.416 e. The molecule has 0 aromatic heterocycles. The van der Waals surface area contributed by atoms with E-state index in [2.05, 4.69) is 5.32 Å². The number of sulfonamides is 1. The van der Waals surface area contributed by atoms with E-state index in [4.69, 9.17) is 16.3 Å². The maximum atomic E-state index is 13.4. The number of amides is 1. The summed E-state index contributed by atoms with van der Waals surface area (Å²) in [6.45, 7) is 0.982. The van der Waals surface area contributed by atoms with Crippen LogP contribution in [-0.2, 0) is 21.0 Å². The van der Waals surface area contributed by atoms with Crippen molar-refractivity contribution in [3.05, 3.63) is 82.9 Å². The van der Waals surface area contributed by atoms with Gasteiger partial charge in [0.1, 0.15) is 12.3 Å². The first-order chi connectivity index (χ1) is 15.9. The van der Waals surface area contributed by atoms with Gasteiger partial charge in [0.05, 0.1) is 28.3 Å². The fourth-order valence-corrected chi connectivity index (χ4v) is 4.74. The molecule has 0 atom stereocenters. The Balaban J connectivity index is 1.99. The molecule has 1 amide bonds. The number of ether oxygens (including phenoxy) is 1. The third-order valence-corrected chi connectivity index (χ3v) is 6.88. The molecule has 1 N–H and O–H groups in total. The van der Waals surface area contributed by atoms with E-state index < -0.39 is 34.2 Å². The van der Waals surface area contributed by atoms with Crippen LogP contribution < -0.4 is 14.4 Å². The van der Waals surface area contributed by atoms with Crippen LogP contribution in [0.15, 0.2) is 71.6 Å². The van der Waals surface area contributed by atoms with Gasteiger partial charge in [0.15, 0.2) is 0 Å². The number of benzene rings is 3. The quantitative estimate of drug-likeness (QED) is 0.453. The number of carbonyl (C=O) groups excluding carboxylic acids is 1. The third kappa shape index (κ3) is 5.81. The zero-order valence-corrected chi connectivity index (χ0v) is 19.6. The van der Waals surface area contributed by atoms with Crippen molar-refractivity contribution in [2.45, 2.75) is 18.0 Å². The summed E-state index contributed by atoms with van der Waals surface area (Å²) in [5, 5.41) is 2.72. The van der Waals surface area contributed by atoms with Gasteiger partial charge in [0.2, 0.25) is 5.91 Å². The largest absolute Gasteiger partial charge is 0.495 e. The molecule has 3 rings (SSSR count). The van der Waals surface area contributed by atoms with E-state index in [1.165, 1.54) is 43.5 Å². The lowest BCUT2D eigenvalue weighted by atomic mass is 10.2. The first-order valence-electron chi connectivity index (χ1n) is 9.82. The molecule has 6 nitrogen and oxygen atoms in total. The van der Waals surface area contributed by atoms with Crippen LogP contribution >= 0.6 is 11.6 Å². The van der Waals surface area contributed by atoms with Crippen LogP contribution in [0.4, 0.5) is 24.5 Å². The highest BCUT2D eigenvalue weighted by molar-refractivity contribution is 7.92. The van der Waals surface area contributed by atoms with Crippen LogP contribution in [0, 0.1) is 6.92 Å². The average Bonchev–Trinajstić information content (AvgIpc) is 2.77. The van der Waals surface area contributed by atoms with E-state index in [1.807, 2.05) is 0 Å². The predicted octanol–water partition coefficient (Wildman–Crippen LogP) is 5.51. The van der Waals surface area contributed by atoms with Gasteiger partial charge in [-0.25, -0.2) is 8.42 Å². The lowest BCUT2D eigenvalue weighted by molar-refractivity contribution is -0.137. The predicted molar refractivity (Wildman–Crippen MR) is 124 cm³/mol. The van der Waals surface area contributed by atoms with Crippen molar-refractivity contribution in [1.29, 1.82) is 0 Å². The summed E-state index contributed by atoms with van der Waals surface area (Å²) in [6.07, 6.45) is -4.70. The maximum Gasteiger partial charge on any atom is 0.416 e. The standard InChI is InChI=1S/C23H20ClF3N2O4S/c1-15-6-9-19(10-7-15)34(31,32)29(18-5-3-4-16(12-18)23(25,26)27)14-22(30)28-17-8-11-21(33-2)20(24)13-17/h3-13H,14H2,1-2H3,(H,28,30). The summed E-state index contributed by atoms with van der Waals surface area (Å²) in [7, 11) is -2.96. The van der Waals surface area contributed by atoms with Gasteiger partial charge in [-0.2, -0.15) is 13.2 Å². The van der Waals surface area contributed by atoms with Gasteiger partial charge in [-0.05, 0) is 55.5 Å². The van der Waals surface area contributed by atoms with Crippen LogP contribution in [0.5, 0.6) is 5.75 Å².